The molecule has 4 atom stereocenters. The number of hydrogen-bond donors (Lipinski definition) is 2. The molecule has 3 heteroatoms. The Balaban J connectivity index is 1.35. The second kappa shape index (κ2) is 4.02. The van der Waals surface area contributed by atoms with Crippen molar-refractivity contribution >= 4 is 5.91 Å². The maximum atomic E-state index is 11.0. The summed E-state index contributed by atoms with van der Waals surface area (Å²) in [5.41, 5.74) is 0. The highest BCUT2D eigenvalue weighted by Crippen LogP contribution is 2.65. The third-order valence-electron chi connectivity index (χ3n) is 4.97. The fraction of sp³-hybridized carbons (Fsp3) is 0.923. The summed E-state index contributed by atoms with van der Waals surface area (Å²) in [7, 11) is 1.71. The monoisotopic (exact) mass is 222 g/mol. The molecule has 4 unspecified atom stereocenters. The number of carbonyl (C=O) groups excluding carboxylic acids is 1. The van der Waals surface area contributed by atoms with E-state index < -0.39 is 0 Å². The van der Waals surface area contributed by atoms with Crippen LogP contribution in [0.4, 0.5) is 0 Å². The Morgan fingerprint density at radius 3 is 2.56 bits per heavy atom. The van der Waals surface area contributed by atoms with Gasteiger partial charge < -0.3 is 10.6 Å². The first-order valence-electron chi connectivity index (χ1n) is 6.75. The van der Waals surface area contributed by atoms with Crippen LogP contribution in [0.5, 0.6) is 0 Å². The first kappa shape index (κ1) is 10.6. The van der Waals surface area contributed by atoms with E-state index in [1.807, 2.05) is 0 Å². The topological polar surface area (TPSA) is 41.1 Å². The van der Waals surface area contributed by atoms with Crippen LogP contribution in [0.25, 0.3) is 0 Å². The Morgan fingerprint density at radius 1 is 1.25 bits per heavy atom. The number of hydrogen-bond acceptors (Lipinski definition) is 2. The molecule has 3 fully saturated rings. The summed E-state index contributed by atoms with van der Waals surface area (Å²) in [5, 5.41) is 6.32. The summed E-state index contributed by atoms with van der Waals surface area (Å²) < 4.78 is 0. The standard InChI is InChI=1S/C13H22N2O/c1-14-10(16)3-2-6-15-13-11-8-4-5-9(7-8)12(11)13/h8-9,11-13,15H,2-7H2,1H3,(H,14,16). The van der Waals surface area contributed by atoms with Gasteiger partial charge in [0.2, 0.25) is 5.91 Å². The molecule has 3 aliphatic carbocycles. The first-order valence-corrected chi connectivity index (χ1v) is 6.75. The normalized spacial score (nSPS) is 43.2. The molecular formula is C13H22N2O. The van der Waals surface area contributed by atoms with Crippen LogP contribution in [0.2, 0.25) is 0 Å². The zero-order valence-electron chi connectivity index (χ0n) is 10.0. The zero-order valence-corrected chi connectivity index (χ0v) is 10.0. The van der Waals surface area contributed by atoms with Crippen LogP contribution in [-0.2, 0) is 4.79 Å². The molecule has 0 aromatic heterocycles. The van der Waals surface area contributed by atoms with Crippen LogP contribution in [-0.4, -0.2) is 25.5 Å². The van der Waals surface area contributed by atoms with Gasteiger partial charge in [0, 0.05) is 19.5 Å². The molecule has 1 amide bonds. The van der Waals surface area contributed by atoms with Crippen molar-refractivity contribution in [2.75, 3.05) is 13.6 Å². The average Bonchev–Trinajstić information content (AvgIpc) is 2.71. The summed E-state index contributed by atoms with van der Waals surface area (Å²) in [6.07, 6.45) is 6.14. The van der Waals surface area contributed by atoms with Crippen molar-refractivity contribution in [2.24, 2.45) is 23.7 Å². The molecule has 3 aliphatic rings. The lowest BCUT2D eigenvalue weighted by Crippen LogP contribution is -2.25. The summed E-state index contributed by atoms with van der Waals surface area (Å²) in [4.78, 5) is 11.0. The van der Waals surface area contributed by atoms with Gasteiger partial charge in [-0.05, 0) is 55.9 Å². The largest absolute Gasteiger partial charge is 0.359 e. The molecule has 0 aliphatic heterocycles. The lowest BCUT2D eigenvalue weighted by Gasteiger charge is -2.10. The quantitative estimate of drug-likeness (QED) is 0.685. The third kappa shape index (κ3) is 1.65. The molecule has 0 saturated heterocycles. The highest BCUT2D eigenvalue weighted by Gasteiger charge is 2.64. The highest BCUT2D eigenvalue weighted by molar-refractivity contribution is 5.75. The highest BCUT2D eigenvalue weighted by atomic mass is 16.1. The van der Waals surface area contributed by atoms with Crippen LogP contribution in [0.1, 0.15) is 32.1 Å². The molecule has 16 heavy (non-hydrogen) atoms. The van der Waals surface area contributed by atoms with Gasteiger partial charge >= 0.3 is 0 Å². The van der Waals surface area contributed by atoms with E-state index in [-0.39, 0.29) is 5.91 Å². The van der Waals surface area contributed by atoms with Gasteiger partial charge in [-0.3, -0.25) is 4.79 Å². The molecule has 0 aromatic rings. The van der Waals surface area contributed by atoms with Gasteiger partial charge in [-0.2, -0.15) is 0 Å². The van der Waals surface area contributed by atoms with E-state index in [9.17, 15) is 4.79 Å². The molecule has 0 aromatic carbocycles. The summed E-state index contributed by atoms with van der Waals surface area (Å²) in [6, 6.07) is 0.816. The molecule has 90 valence electrons. The lowest BCUT2D eigenvalue weighted by molar-refractivity contribution is -0.120. The van der Waals surface area contributed by atoms with Gasteiger partial charge in [-0.15, -0.1) is 0 Å². The van der Waals surface area contributed by atoms with E-state index in [1.54, 1.807) is 7.05 Å². The van der Waals surface area contributed by atoms with Gasteiger partial charge in [-0.25, -0.2) is 0 Å². The summed E-state index contributed by atoms with van der Waals surface area (Å²) >= 11 is 0. The van der Waals surface area contributed by atoms with Crippen molar-refractivity contribution in [3.63, 3.8) is 0 Å². The second-order valence-corrected chi connectivity index (χ2v) is 5.74. The molecule has 0 spiro atoms. The fourth-order valence-electron chi connectivity index (χ4n) is 4.24. The average molecular weight is 222 g/mol. The predicted octanol–water partition coefficient (Wildman–Crippen LogP) is 1.15. The van der Waals surface area contributed by atoms with Crippen molar-refractivity contribution in [3.8, 4) is 0 Å². The van der Waals surface area contributed by atoms with E-state index in [0.717, 1.165) is 42.7 Å². The maximum Gasteiger partial charge on any atom is 0.219 e. The SMILES string of the molecule is CNC(=O)CCCNC1C2C3CCC(C3)C12. The van der Waals surface area contributed by atoms with Gasteiger partial charge in [-0.1, -0.05) is 0 Å². The van der Waals surface area contributed by atoms with E-state index in [2.05, 4.69) is 10.6 Å². The third-order valence-corrected chi connectivity index (χ3v) is 4.97. The van der Waals surface area contributed by atoms with E-state index in [1.165, 1.54) is 19.3 Å². The van der Waals surface area contributed by atoms with E-state index in [4.69, 9.17) is 0 Å². The van der Waals surface area contributed by atoms with Crippen molar-refractivity contribution in [1.29, 1.82) is 0 Å². The van der Waals surface area contributed by atoms with Crippen LogP contribution in [0.3, 0.4) is 0 Å². The van der Waals surface area contributed by atoms with Crippen LogP contribution < -0.4 is 10.6 Å². The zero-order chi connectivity index (χ0) is 11.1. The molecule has 0 radical (unpaired) electrons. The minimum Gasteiger partial charge on any atom is -0.359 e. The summed E-state index contributed by atoms with van der Waals surface area (Å²) in [5.74, 6) is 4.29. The molecule has 3 nitrogen and oxygen atoms in total. The number of carbonyl (C=O) groups is 1. The van der Waals surface area contributed by atoms with Crippen molar-refractivity contribution in [1.82, 2.24) is 10.6 Å². The van der Waals surface area contributed by atoms with Gasteiger partial charge in [0.05, 0.1) is 0 Å². The summed E-state index contributed by atoms with van der Waals surface area (Å²) in [6.45, 7) is 1.02. The fourth-order valence-corrected chi connectivity index (χ4v) is 4.24. The number of amides is 1. The number of fused-ring (bicyclic) bond motifs is 5. The van der Waals surface area contributed by atoms with Crippen LogP contribution in [0.15, 0.2) is 0 Å². The smallest absolute Gasteiger partial charge is 0.219 e. The Kier molecular flexibility index (Phi) is 2.66. The molecule has 3 rings (SSSR count). The maximum absolute atomic E-state index is 11.0. The lowest BCUT2D eigenvalue weighted by atomic mass is 10.0. The van der Waals surface area contributed by atoms with Gasteiger partial charge in [0.1, 0.15) is 0 Å². The Bertz CT molecular complexity index is 276. The molecule has 2 N–H and O–H groups in total. The minimum atomic E-state index is 0.165. The van der Waals surface area contributed by atoms with Crippen molar-refractivity contribution in [2.45, 2.75) is 38.1 Å². The van der Waals surface area contributed by atoms with Crippen LogP contribution in [0, 0.1) is 23.7 Å². The Labute approximate surface area is 97.4 Å². The number of nitrogens with one attached hydrogen (secondary N) is 2. The molecule has 3 saturated carbocycles. The molecule has 0 heterocycles. The predicted molar refractivity (Wildman–Crippen MR) is 62.9 cm³/mol. The van der Waals surface area contributed by atoms with Crippen molar-refractivity contribution in [3.05, 3.63) is 0 Å². The van der Waals surface area contributed by atoms with E-state index in [0.29, 0.717) is 6.42 Å². The van der Waals surface area contributed by atoms with Gasteiger partial charge in [0.15, 0.2) is 0 Å². The molecule has 2 bridgehead atoms. The van der Waals surface area contributed by atoms with E-state index >= 15 is 0 Å². The Hall–Kier alpha value is -0.570. The second-order valence-electron chi connectivity index (χ2n) is 5.74. The number of rotatable bonds is 5. The van der Waals surface area contributed by atoms with Crippen molar-refractivity contribution < 1.29 is 4.79 Å². The minimum absolute atomic E-state index is 0.165. The molecular weight excluding hydrogens is 200 g/mol. The Morgan fingerprint density at radius 2 is 1.94 bits per heavy atom. The van der Waals surface area contributed by atoms with Crippen LogP contribution >= 0.6 is 0 Å². The first-order chi connectivity index (χ1) is 7.81. The van der Waals surface area contributed by atoms with Gasteiger partial charge in [0.25, 0.3) is 0 Å².